The predicted octanol–water partition coefficient (Wildman–Crippen LogP) is 17.5. The number of hydrogen-bond donors (Lipinski definition) is 0. The van der Waals surface area contributed by atoms with Crippen molar-refractivity contribution in [2.24, 2.45) is 69.4 Å². The summed E-state index contributed by atoms with van der Waals surface area (Å²) in [6.45, 7) is 60.6. The van der Waals surface area contributed by atoms with Gasteiger partial charge in [-0.25, -0.2) is 0 Å². The second-order valence-electron chi connectivity index (χ2n) is 20.7. The van der Waals surface area contributed by atoms with Gasteiger partial charge in [-0.15, -0.1) is 11.8 Å². The zero-order valence-corrected chi connectivity index (χ0v) is 51.4. The molecule has 0 radical (unpaired) electrons. The summed E-state index contributed by atoms with van der Waals surface area (Å²) in [6.07, 6.45) is 0.386. The quantitative estimate of drug-likeness (QED) is 0.0668. The summed E-state index contributed by atoms with van der Waals surface area (Å²) in [5.41, 5.74) is 0. The normalized spacial score (nSPS) is 11.1. The van der Waals surface area contributed by atoms with Crippen LogP contribution in [-0.2, 0) is 23.8 Å². The van der Waals surface area contributed by atoms with Gasteiger partial charge in [-0.1, -0.05) is 176 Å². The van der Waals surface area contributed by atoms with Crippen molar-refractivity contribution in [3.05, 3.63) is 0 Å². The molecule has 12 heteroatoms. The van der Waals surface area contributed by atoms with Crippen LogP contribution in [0.3, 0.4) is 0 Å². The molecule has 7 nitrogen and oxygen atoms in total. The molecular weight excluding hydrogens is 893 g/mol. The zero-order chi connectivity index (χ0) is 52.3. The Morgan fingerprint density at radius 1 is 0.438 bits per heavy atom. The molecule has 0 bridgehead atoms. The first-order valence-corrected chi connectivity index (χ1v) is 28.2. The fourth-order valence-corrected chi connectivity index (χ4v) is 5.40. The highest BCUT2D eigenvalue weighted by Crippen LogP contribution is 2.16. The van der Waals surface area contributed by atoms with Gasteiger partial charge in [-0.3, -0.25) is 9.59 Å². The van der Waals surface area contributed by atoms with Gasteiger partial charge in [0.2, 0.25) is 0 Å². The molecule has 0 amide bonds. The van der Waals surface area contributed by atoms with Gasteiger partial charge < -0.3 is 14.2 Å². The molecule has 0 aliphatic heterocycles. The van der Waals surface area contributed by atoms with Crippen molar-refractivity contribution in [3.8, 4) is 0 Å². The van der Waals surface area contributed by atoms with Crippen LogP contribution in [0, 0.1) is 59.2 Å². The van der Waals surface area contributed by atoms with Gasteiger partial charge in [0.15, 0.2) is 10.2 Å². The minimum Gasteiger partial charge on any atom is -0.487 e. The summed E-state index contributed by atoms with van der Waals surface area (Å²) in [6, 6.07) is 0.690. The summed E-state index contributed by atoms with van der Waals surface area (Å²) in [5.74, 6) is 8.31. The third-order valence-corrected chi connectivity index (χ3v) is 12.3. The van der Waals surface area contributed by atoms with Gasteiger partial charge in [-0.2, -0.15) is 22.0 Å². The monoisotopic (exact) mass is 1000 g/mol. The molecule has 0 atom stereocenters. The van der Waals surface area contributed by atoms with Crippen LogP contribution in [0.2, 0.25) is 0 Å². The highest BCUT2D eigenvalue weighted by molar-refractivity contribution is 8.23. The third kappa shape index (κ3) is 88.5. The van der Waals surface area contributed by atoms with Crippen LogP contribution in [0.1, 0.15) is 194 Å². The van der Waals surface area contributed by atoms with E-state index in [2.05, 4.69) is 121 Å². The summed E-state index contributed by atoms with van der Waals surface area (Å²) < 4.78 is 16.7. The first-order chi connectivity index (χ1) is 29.0. The molecule has 0 aromatic carbocycles. The van der Waals surface area contributed by atoms with Crippen LogP contribution in [0.4, 0.5) is 0 Å². The van der Waals surface area contributed by atoms with E-state index in [1.165, 1.54) is 17.5 Å². The molecule has 0 N–H and O–H groups in total. The highest BCUT2D eigenvalue weighted by Gasteiger charge is 2.09. The second-order valence-corrected chi connectivity index (χ2v) is 25.5. The number of azo groups is 1. The van der Waals surface area contributed by atoms with Crippen LogP contribution in [0.5, 0.6) is 0 Å². The molecule has 0 unspecified atom stereocenters. The Bertz CT molecular complexity index is 919. The maximum Gasteiger partial charge on any atom is 0.308 e. The van der Waals surface area contributed by atoms with E-state index in [0.717, 1.165) is 51.1 Å². The van der Waals surface area contributed by atoms with E-state index in [9.17, 15) is 9.59 Å². The molecule has 0 spiro atoms. The van der Waals surface area contributed by atoms with Gasteiger partial charge in [0.05, 0.1) is 41.5 Å². The number of nitrogens with zero attached hydrogens (tertiary/aromatic N) is 2. The molecule has 0 fully saturated rings. The van der Waals surface area contributed by atoms with Crippen LogP contribution in [-0.4, -0.2) is 80.8 Å². The van der Waals surface area contributed by atoms with E-state index in [1.807, 2.05) is 107 Å². The lowest BCUT2D eigenvalue weighted by Gasteiger charge is -2.11. The third-order valence-electron chi connectivity index (χ3n) is 6.18. The van der Waals surface area contributed by atoms with E-state index in [-0.39, 0.29) is 17.8 Å². The topological polar surface area (TPSA) is 86.5 Å². The van der Waals surface area contributed by atoms with Crippen LogP contribution in [0.15, 0.2) is 10.2 Å². The zero-order valence-electron chi connectivity index (χ0n) is 47.3. The number of carbonyl (C=O) groups is 2. The largest absolute Gasteiger partial charge is 0.487 e. The minimum absolute atomic E-state index is 0.00116. The smallest absolute Gasteiger partial charge is 0.308 e. The van der Waals surface area contributed by atoms with E-state index in [0.29, 0.717) is 65.4 Å². The molecule has 0 aliphatic carbocycles. The Balaban J connectivity index is -0.000000119. The van der Waals surface area contributed by atoms with Gasteiger partial charge >= 0.3 is 5.97 Å². The molecule has 0 rings (SSSR count). The summed E-state index contributed by atoms with van der Waals surface area (Å²) in [4.78, 5) is 21.8. The van der Waals surface area contributed by atoms with Gasteiger partial charge in [0.1, 0.15) is 0 Å². The molecule has 388 valence electrons. The van der Waals surface area contributed by atoms with Crippen LogP contribution in [0.25, 0.3) is 0 Å². The average Bonchev–Trinajstić information content (AvgIpc) is 3.15. The van der Waals surface area contributed by atoms with Crippen molar-refractivity contribution in [3.63, 3.8) is 0 Å². The second kappa shape index (κ2) is 52.1. The molecule has 0 heterocycles. The van der Waals surface area contributed by atoms with Gasteiger partial charge in [-0.05, 0) is 106 Å². The predicted molar refractivity (Wildman–Crippen MR) is 304 cm³/mol. The fraction of sp³-hybridized carbons (Fsp3) is 0.923. The Kier molecular flexibility index (Phi) is 63.4. The Morgan fingerprint density at radius 3 is 1.05 bits per heavy atom. The van der Waals surface area contributed by atoms with E-state index in [1.54, 1.807) is 0 Å². The van der Waals surface area contributed by atoms with E-state index < -0.39 is 0 Å². The standard InChI is InChI=1S/C8H16O2.2C8H16OS.C8H16S2.C7H16O.C7H16S.C6H14N2/c2*1-6(2)5-10-8(9)7(3)4;1-6(2)5-9-8(10)7(3)4;1-6(2)5-10-8(9)7(3)4;2*1-6(2)5-8-7(3)4;1-5(2)7-8-6(3)4/h4*6-7H,5H2,1-4H3;2*6-7H,5H2,1-4H3;5-6H,1-4H3. The number of ether oxygens (including phenoxy) is 3. The molecule has 0 aromatic rings. The molecule has 0 aromatic heterocycles. The van der Waals surface area contributed by atoms with Gasteiger partial charge in [0.25, 0.3) is 0 Å². The number of thioether (sulfide) groups is 3. The lowest BCUT2D eigenvalue weighted by molar-refractivity contribution is -0.148. The maximum absolute atomic E-state index is 11.0. The summed E-state index contributed by atoms with van der Waals surface area (Å²) >= 11 is 15.5. The van der Waals surface area contributed by atoms with Crippen molar-refractivity contribution >= 4 is 80.1 Å². The number of thiocarbonyl (C=S) groups is 2. The van der Waals surface area contributed by atoms with Gasteiger partial charge in [0, 0.05) is 29.9 Å². The summed E-state index contributed by atoms with van der Waals surface area (Å²) in [5, 5.41) is 9.75. The SMILES string of the molecule is CC(C)COC(=O)C(C)C.CC(C)COC(=S)C(C)C.CC(C)COC(C)C.CC(C)CSC(=O)C(C)C.CC(C)CSC(=S)C(C)C.CC(C)CSC(C)C.CC(C)N=NC(C)C. The van der Waals surface area contributed by atoms with Crippen LogP contribution >= 0.6 is 59.7 Å². The van der Waals surface area contributed by atoms with Crippen molar-refractivity contribution in [1.29, 1.82) is 0 Å². The lowest BCUT2D eigenvalue weighted by atomic mass is 10.2. The van der Waals surface area contributed by atoms with E-state index in [4.69, 9.17) is 38.6 Å². The Labute approximate surface area is 425 Å². The molecule has 0 saturated carbocycles. The molecular formula is C52H110N2O5S5. The fourth-order valence-electron chi connectivity index (χ4n) is 2.70. The maximum atomic E-state index is 11.0. The molecule has 0 saturated heterocycles. The van der Waals surface area contributed by atoms with Crippen molar-refractivity contribution < 1.29 is 23.8 Å². The molecule has 0 aliphatic rings. The number of rotatable bonds is 20. The van der Waals surface area contributed by atoms with Crippen molar-refractivity contribution in [1.82, 2.24) is 0 Å². The highest BCUT2D eigenvalue weighted by atomic mass is 32.2. The minimum atomic E-state index is -0.103. The van der Waals surface area contributed by atoms with Crippen molar-refractivity contribution in [2.75, 3.05) is 37.1 Å². The Morgan fingerprint density at radius 2 is 0.812 bits per heavy atom. The van der Waals surface area contributed by atoms with Crippen LogP contribution < -0.4 is 0 Å². The average molecular weight is 1000 g/mol. The first kappa shape index (κ1) is 77.9. The number of carbonyl (C=O) groups excluding carboxylic acids is 2. The number of esters is 1. The Hall–Kier alpha value is -0.270. The van der Waals surface area contributed by atoms with Crippen molar-refractivity contribution in [2.45, 2.75) is 217 Å². The summed E-state index contributed by atoms with van der Waals surface area (Å²) in [7, 11) is 0. The van der Waals surface area contributed by atoms with E-state index >= 15 is 0 Å². The molecule has 64 heavy (non-hydrogen) atoms. The first-order valence-electron chi connectivity index (χ1n) is 24.3. The lowest BCUT2D eigenvalue weighted by Crippen LogP contribution is -2.14. The number of hydrogen-bond acceptors (Lipinski definition) is 12.